The molecular weight excluding hydrogens is 392 g/mol. The number of nitrogens with zero attached hydrogens (tertiary/aromatic N) is 1. The van der Waals surface area contributed by atoms with E-state index >= 15 is 0 Å². The number of hydrogen-bond donors (Lipinski definition) is 6. The molecule has 4 atom stereocenters. The third kappa shape index (κ3) is 7.03. The van der Waals surface area contributed by atoms with Crippen molar-refractivity contribution in [3.05, 3.63) is 0 Å². The molecule has 0 spiro atoms. The molecule has 0 aromatic carbocycles. The van der Waals surface area contributed by atoms with Gasteiger partial charge in [0.2, 0.25) is 17.7 Å². The maximum Gasteiger partial charge on any atom is 0.326 e. The van der Waals surface area contributed by atoms with Crippen LogP contribution in [-0.2, 0) is 28.8 Å². The Morgan fingerprint density at radius 1 is 0.966 bits per heavy atom. The molecule has 1 rings (SSSR count). The Morgan fingerprint density at radius 2 is 1.48 bits per heavy atom. The summed E-state index contributed by atoms with van der Waals surface area (Å²) in [6.07, 6.45) is -1.11. The van der Waals surface area contributed by atoms with E-state index in [0.29, 0.717) is 6.42 Å². The number of carboxylic acids is 3. The lowest BCUT2D eigenvalue weighted by molar-refractivity contribution is -0.151. The number of carbonyl (C=O) groups excluding carboxylic acids is 3. The topological polar surface area (TPSA) is 216 Å². The fourth-order valence-electron chi connectivity index (χ4n) is 2.82. The van der Waals surface area contributed by atoms with Crippen molar-refractivity contribution in [2.75, 3.05) is 6.54 Å². The fraction of sp³-hybridized carbons (Fsp3) is 0.625. The van der Waals surface area contributed by atoms with Gasteiger partial charge >= 0.3 is 17.9 Å². The summed E-state index contributed by atoms with van der Waals surface area (Å²) in [4.78, 5) is 71.2. The fourth-order valence-corrected chi connectivity index (χ4v) is 2.82. The predicted octanol–water partition coefficient (Wildman–Crippen LogP) is -2.67. The Balaban J connectivity index is 3.01. The lowest BCUT2D eigenvalue weighted by atomic mass is 10.1. The highest BCUT2D eigenvalue weighted by atomic mass is 16.4. The first-order chi connectivity index (χ1) is 13.4. The van der Waals surface area contributed by atoms with Gasteiger partial charge in [0.15, 0.2) is 0 Å². The van der Waals surface area contributed by atoms with Gasteiger partial charge in [0.1, 0.15) is 18.1 Å². The molecule has 3 amide bonds. The van der Waals surface area contributed by atoms with Crippen molar-refractivity contribution < 1.29 is 44.1 Å². The van der Waals surface area contributed by atoms with E-state index in [9.17, 15) is 33.9 Å². The molecule has 0 bridgehead atoms. The Kier molecular flexibility index (Phi) is 8.51. The van der Waals surface area contributed by atoms with Crippen LogP contribution in [0, 0.1) is 0 Å². The van der Waals surface area contributed by atoms with E-state index in [0.717, 1.165) is 4.90 Å². The van der Waals surface area contributed by atoms with Gasteiger partial charge in [-0.3, -0.25) is 24.0 Å². The Hall–Kier alpha value is -3.22. The third-order valence-electron chi connectivity index (χ3n) is 4.24. The van der Waals surface area contributed by atoms with Gasteiger partial charge in [0.05, 0.1) is 18.9 Å². The SMILES string of the molecule is CC(N)C(=O)NC(CC(=O)O)C(=O)NC(CC(=O)O)C(=O)N1CCCC1C(=O)O. The molecular formula is C16H24N4O9. The average Bonchev–Trinajstić information content (AvgIpc) is 3.08. The Morgan fingerprint density at radius 3 is 1.97 bits per heavy atom. The van der Waals surface area contributed by atoms with E-state index < -0.39 is 72.6 Å². The van der Waals surface area contributed by atoms with Gasteiger partial charge in [-0.1, -0.05) is 0 Å². The molecule has 0 saturated carbocycles. The first kappa shape index (κ1) is 23.8. The van der Waals surface area contributed by atoms with E-state index in [2.05, 4.69) is 10.6 Å². The summed E-state index contributed by atoms with van der Waals surface area (Å²) in [6, 6.07) is -5.44. The number of carboxylic acid groups (broad SMARTS) is 3. The van der Waals surface area contributed by atoms with Crippen LogP contribution in [0.5, 0.6) is 0 Å². The van der Waals surface area contributed by atoms with Crippen molar-refractivity contribution in [1.29, 1.82) is 0 Å². The molecule has 0 aromatic heterocycles. The number of amides is 3. The third-order valence-corrected chi connectivity index (χ3v) is 4.24. The number of hydrogen-bond acceptors (Lipinski definition) is 7. The van der Waals surface area contributed by atoms with Gasteiger partial charge < -0.3 is 36.6 Å². The summed E-state index contributed by atoms with van der Waals surface area (Å²) in [5.41, 5.74) is 5.37. The molecule has 162 valence electrons. The summed E-state index contributed by atoms with van der Waals surface area (Å²) in [6.45, 7) is 1.38. The van der Waals surface area contributed by atoms with Gasteiger partial charge in [-0.25, -0.2) is 4.79 Å². The molecule has 1 fully saturated rings. The van der Waals surface area contributed by atoms with Crippen molar-refractivity contribution in [1.82, 2.24) is 15.5 Å². The van der Waals surface area contributed by atoms with Crippen molar-refractivity contribution in [3.63, 3.8) is 0 Å². The van der Waals surface area contributed by atoms with Crippen LogP contribution in [0.15, 0.2) is 0 Å². The van der Waals surface area contributed by atoms with Crippen molar-refractivity contribution in [2.45, 2.75) is 56.8 Å². The smallest absolute Gasteiger partial charge is 0.326 e. The molecule has 13 heteroatoms. The normalized spacial score (nSPS) is 19.0. The van der Waals surface area contributed by atoms with E-state index in [1.54, 1.807) is 0 Å². The Labute approximate surface area is 165 Å². The standard InChI is InChI=1S/C16H24N4O9/c1-7(17)13(25)18-8(5-11(21)22)14(26)19-9(6-12(23)24)15(27)20-4-2-3-10(20)16(28)29/h7-10H,2-6,17H2,1H3,(H,18,25)(H,19,26)(H,21,22)(H,23,24)(H,28,29). The van der Waals surface area contributed by atoms with Crippen LogP contribution in [-0.4, -0.2) is 86.6 Å². The highest BCUT2D eigenvalue weighted by Crippen LogP contribution is 2.19. The molecule has 29 heavy (non-hydrogen) atoms. The van der Waals surface area contributed by atoms with Crippen LogP contribution in [0.3, 0.4) is 0 Å². The van der Waals surface area contributed by atoms with Crippen LogP contribution < -0.4 is 16.4 Å². The summed E-state index contributed by atoms with van der Waals surface area (Å²) in [5, 5.41) is 31.4. The van der Waals surface area contributed by atoms with Crippen LogP contribution in [0.4, 0.5) is 0 Å². The summed E-state index contributed by atoms with van der Waals surface area (Å²) in [5.74, 6) is -6.97. The maximum atomic E-state index is 12.7. The van der Waals surface area contributed by atoms with E-state index in [1.807, 2.05) is 0 Å². The number of nitrogens with two attached hydrogens (primary N) is 1. The first-order valence-electron chi connectivity index (χ1n) is 8.77. The average molecular weight is 416 g/mol. The summed E-state index contributed by atoms with van der Waals surface area (Å²) in [7, 11) is 0. The van der Waals surface area contributed by atoms with Crippen molar-refractivity contribution in [2.24, 2.45) is 5.73 Å². The largest absolute Gasteiger partial charge is 0.481 e. The van der Waals surface area contributed by atoms with E-state index in [1.165, 1.54) is 6.92 Å². The number of nitrogens with one attached hydrogen (secondary N) is 2. The quantitative estimate of drug-likeness (QED) is 0.217. The zero-order chi connectivity index (χ0) is 22.3. The molecule has 0 aromatic rings. The second-order valence-electron chi connectivity index (χ2n) is 6.63. The number of rotatable bonds is 10. The van der Waals surface area contributed by atoms with Crippen molar-refractivity contribution in [3.8, 4) is 0 Å². The molecule has 1 aliphatic rings. The molecule has 0 aliphatic carbocycles. The zero-order valence-corrected chi connectivity index (χ0v) is 15.7. The number of likely N-dealkylation sites (tertiary alicyclic amines) is 1. The van der Waals surface area contributed by atoms with Gasteiger partial charge in [-0.05, 0) is 19.8 Å². The molecule has 1 heterocycles. The lowest BCUT2D eigenvalue weighted by Gasteiger charge is -2.28. The minimum absolute atomic E-state index is 0.0712. The highest BCUT2D eigenvalue weighted by molar-refractivity contribution is 5.96. The summed E-state index contributed by atoms with van der Waals surface area (Å²) >= 11 is 0. The van der Waals surface area contributed by atoms with E-state index in [4.69, 9.17) is 15.9 Å². The molecule has 7 N–H and O–H groups in total. The minimum atomic E-state index is -1.64. The molecule has 0 radical (unpaired) electrons. The van der Waals surface area contributed by atoms with Gasteiger partial charge in [0.25, 0.3) is 0 Å². The predicted molar refractivity (Wildman–Crippen MR) is 94.4 cm³/mol. The van der Waals surface area contributed by atoms with Crippen LogP contribution in [0.2, 0.25) is 0 Å². The lowest BCUT2D eigenvalue weighted by Crippen LogP contribution is -2.57. The van der Waals surface area contributed by atoms with Gasteiger partial charge in [0, 0.05) is 6.54 Å². The number of carbonyl (C=O) groups is 6. The number of aliphatic carboxylic acids is 3. The van der Waals surface area contributed by atoms with Crippen molar-refractivity contribution >= 4 is 35.6 Å². The monoisotopic (exact) mass is 416 g/mol. The second-order valence-corrected chi connectivity index (χ2v) is 6.63. The molecule has 13 nitrogen and oxygen atoms in total. The zero-order valence-electron chi connectivity index (χ0n) is 15.7. The second kappa shape index (κ2) is 10.4. The summed E-state index contributed by atoms with van der Waals surface area (Å²) < 4.78 is 0. The molecule has 4 unspecified atom stereocenters. The molecule has 1 saturated heterocycles. The van der Waals surface area contributed by atoms with Crippen LogP contribution in [0.1, 0.15) is 32.6 Å². The highest BCUT2D eigenvalue weighted by Gasteiger charge is 2.39. The Bertz CT molecular complexity index is 694. The van der Waals surface area contributed by atoms with Crippen LogP contribution in [0.25, 0.3) is 0 Å². The maximum absolute atomic E-state index is 12.7. The first-order valence-corrected chi connectivity index (χ1v) is 8.77. The van der Waals surface area contributed by atoms with Gasteiger partial charge in [-0.15, -0.1) is 0 Å². The van der Waals surface area contributed by atoms with E-state index in [-0.39, 0.29) is 13.0 Å². The molecule has 1 aliphatic heterocycles. The van der Waals surface area contributed by atoms with Crippen LogP contribution >= 0.6 is 0 Å². The minimum Gasteiger partial charge on any atom is -0.481 e. The van der Waals surface area contributed by atoms with Gasteiger partial charge in [-0.2, -0.15) is 0 Å².